The summed E-state index contributed by atoms with van der Waals surface area (Å²) in [7, 11) is 3.91. The van der Waals surface area contributed by atoms with Crippen LogP contribution in [0.3, 0.4) is 0 Å². The summed E-state index contributed by atoms with van der Waals surface area (Å²) in [5, 5.41) is 0. The molecule has 1 unspecified atom stereocenters. The van der Waals surface area contributed by atoms with Gasteiger partial charge in [0.2, 0.25) is 0 Å². The molecule has 2 aliphatic heterocycles. The third kappa shape index (κ3) is 1.85. The molecule has 0 aromatic heterocycles. The van der Waals surface area contributed by atoms with E-state index in [-0.39, 0.29) is 0 Å². The fourth-order valence-electron chi connectivity index (χ4n) is 2.17. The van der Waals surface area contributed by atoms with Gasteiger partial charge >= 0.3 is 0 Å². The summed E-state index contributed by atoms with van der Waals surface area (Å²) in [6.45, 7) is 4.13. The smallest absolute Gasteiger partial charge is 0.196 e. The highest BCUT2D eigenvalue weighted by molar-refractivity contribution is 5.81. The minimum atomic E-state index is 0.389. The van der Waals surface area contributed by atoms with Crippen molar-refractivity contribution in [3.8, 4) is 0 Å². The molecule has 1 fully saturated rings. The molecule has 0 aromatic rings. The first-order chi connectivity index (χ1) is 6.81. The van der Waals surface area contributed by atoms with Gasteiger partial charge in [0.05, 0.1) is 12.6 Å². The van der Waals surface area contributed by atoms with Crippen LogP contribution in [0.4, 0.5) is 0 Å². The Bertz CT molecular complexity index is 229. The number of nitrogens with zero attached hydrogens (tertiary/aromatic N) is 3. The van der Waals surface area contributed by atoms with E-state index in [0.717, 1.165) is 32.1 Å². The Morgan fingerprint density at radius 3 is 2.93 bits per heavy atom. The molecule has 4 nitrogen and oxygen atoms in total. The molecule has 2 aliphatic rings. The number of aliphatic imine (C=N–C) groups is 1. The van der Waals surface area contributed by atoms with Crippen LogP contribution in [0.5, 0.6) is 0 Å². The van der Waals surface area contributed by atoms with Gasteiger partial charge in [-0.1, -0.05) is 0 Å². The number of piperidine rings is 1. The maximum Gasteiger partial charge on any atom is 0.196 e. The van der Waals surface area contributed by atoms with Gasteiger partial charge in [-0.25, -0.2) is 0 Å². The molecule has 0 N–H and O–H groups in total. The van der Waals surface area contributed by atoms with Crippen molar-refractivity contribution >= 4 is 5.96 Å². The predicted octanol–water partition coefficient (Wildman–Crippen LogP) is 0.399. The van der Waals surface area contributed by atoms with Crippen LogP contribution in [0.1, 0.15) is 12.8 Å². The van der Waals surface area contributed by atoms with E-state index in [1.807, 2.05) is 0 Å². The first-order valence-electron chi connectivity index (χ1n) is 5.34. The molecule has 2 heterocycles. The average molecular weight is 197 g/mol. The molecule has 0 saturated carbocycles. The highest BCUT2D eigenvalue weighted by Gasteiger charge is 2.25. The highest BCUT2D eigenvalue weighted by atomic mass is 16.5. The lowest BCUT2D eigenvalue weighted by molar-refractivity contribution is 0.0509. The molecule has 80 valence electrons. The highest BCUT2D eigenvalue weighted by Crippen LogP contribution is 2.15. The lowest BCUT2D eigenvalue weighted by Gasteiger charge is -2.35. The van der Waals surface area contributed by atoms with E-state index < -0.39 is 0 Å². The topological polar surface area (TPSA) is 28.1 Å². The summed E-state index contributed by atoms with van der Waals surface area (Å²) in [6.07, 6.45) is 2.79. The van der Waals surface area contributed by atoms with Crippen molar-refractivity contribution < 1.29 is 4.74 Å². The zero-order valence-electron chi connectivity index (χ0n) is 9.07. The van der Waals surface area contributed by atoms with Gasteiger partial charge in [-0.2, -0.15) is 0 Å². The third-order valence-corrected chi connectivity index (χ3v) is 3.02. The predicted molar refractivity (Wildman–Crippen MR) is 56.5 cm³/mol. The van der Waals surface area contributed by atoms with E-state index in [4.69, 9.17) is 4.74 Å². The van der Waals surface area contributed by atoms with Crippen LogP contribution in [-0.4, -0.2) is 62.2 Å². The fourth-order valence-corrected chi connectivity index (χ4v) is 2.17. The van der Waals surface area contributed by atoms with Gasteiger partial charge in [0.25, 0.3) is 0 Å². The van der Waals surface area contributed by atoms with Crippen molar-refractivity contribution in [3.05, 3.63) is 0 Å². The van der Waals surface area contributed by atoms with Gasteiger partial charge in [0.1, 0.15) is 0 Å². The minimum Gasteiger partial charge on any atom is -0.380 e. The fraction of sp³-hybridized carbons (Fsp3) is 0.900. The monoisotopic (exact) mass is 197 g/mol. The molecule has 4 heteroatoms. The van der Waals surface area contributed by atoms with Crippen molar-refractivity contribution in [1.82, 2.24) is 9.80 Å². The Kier molecular flexibility index (Phi) is 2.91. The van der Waals surface area contributed by atoms with Crippen LogP contribution >= 0.6 is 0 Å². The van der Waals surface area contributed by atoms with Crippen LogP contribution in [0, 0.1) is 0 Å². The maximum atomic E-state index is 5.40. The Morgan fingerprint density at radius 1 is 1.43 bits per heavy atom. The molecule has 14 heavy (non-hydrogen) atoms. The first-order valence-corrected chi connectivity index (χ1v) is 5.34. The molecular formula is C10H19N3O. The number of guanidine groups is 1. The lowest BCUT2D eigenvalue weighted by Crippen LogP contribution is -2.47. The second-order valence-electron chi connectivity index (χ2n) is 4.05. The van der Waals surface area contributed by atoms with Gasteiger partial charge in [-0.05, 0) is 12.8 Å². The van der Waals surface area contributed by atoms with Crippen LogP contribution in [0.25, 0.3) is 0 Å². The van der Waals surface area contributed by atoms with Crippen molar-refractivity contribution in [2.75, 3.05) is 40.3 Å². The van der Waals surface area contributed by atoms with Gasteiger partial charge < -0.3 is 14.5 Å². The Hall–Kier alpha value is -0.770. The van der Waals surface area contributed by atoms with E-state index in [1.54, 1.807) is 7.11 Å². The number of rotatable bonds is 1. The summed E-state index contributed by atoms with van der Waals surface area (Å²) in [5.41, 5.74) is 0. The van der Waals surface area contributed by atoms with Crippen molar-refractivity contribution in [1.29, 1.82) is 0 Å². The van der Waals surface area contributed by atoms with Crippen LogP contribution in [0.15, 0.2) is 4.99 Å². The molecule has 2 rings (SSSR count). The number of methoxy groups -OCH3 is 1. The van der Waals surface area contributed by atoms with E-state index in [9.17, 15) is 0 Å². The van der Waals surface area contributed by atoms with Crippen LogP contribution < -0.4 is 0 Å². The van der Waals surface area contributed by atoms with Gasteiger partial charge in [0.15, 0.2) is 5.96 Å². The van der Waals surface area contributed by atoms with Crippen molar-refractivity contribution in [3.63, 3.8) is 0 Å². The Balaban J connectivity index is 1.97. The molecule has 1 atom stereocenters. The van der Waals surface area contributed by atoms with E-state index in [0.29, 0.717) is 6.10 Å². The van der Waals surface area contributed by atoms with E-state index >= 15 is 0 Å². The molecule has 0 radical (unpaired) electrons. The summed E-state index contributed by atoms with van der Waals surface area (Å²) >= 11 is 0. The summed E-state index contributed by atoms with van der Waals surface area (Å²) in [5.74, 6) is 1.16. The molecular weight excluding hydrogens is 178 g/mol. The summed E-state index contributed by atoms with van der Waals surface area (Å²) in [4.78, 5) is 9.11. The van der Waals surface area contributed by atoms with Crippen LogP contribution in [-0.2, 0) is 4.74 Å². The summed E-state index contributed by atoms with van der Waals surface area (Å²) in [6, 6.07) is 0. The number of ether oxygens (including phenoxy) is 1. The largest absolute Gasteiger partial charge is 0.380 e. The normalized spacial score (nSPS) is 28.1. The standard InChI is InChI=1S/C10H19N3O/c1-12-7-5-11-10(12)13-6-3-4-9(8-13)14-2/h9H,3-8H2,1-2H3. The Morgan fingerprint density at radius 2 is 2.29 bits per heavy atom. The molecule has 0 bridgehead atoms. The molecule has 0 amide bonds. The molecule has 0 spiro atoms. The molecule has 0 aliphatic carbocycles. The number of hydrogen-bond donors (Lipinski definition) is 0. The SMILES string of the molecule is COC1CCCN(C2=NCCN2C)C1. The maximum absolute atomic E-state index is 5.40. The zero-order valence-corrected chi connectivity index (χ0v) is 9.07. The molecule has 1 saturated heterocycles. The quantitative estimate of drug-likeness (QED) is 0.609. The lowest BCUT2D eigenvalue weighted by atomic mass is 10.1. The minimum absolute atomic E-state index is 0.389. The van der Waals surface area contributed by atoms with Gasteiger partial charge in [-0.15, -0.1) is 0 Å². The summed E-state index contributed by atoms with van der Waals surface area (Å²) < 4.78 is 5.40. The number of likely N-dealkylation sites (tertiary alicyclic amines) is 1. The van der Waals surface area contributed by atoms with Gasteiger partial charge in [-0.3, -0.25) is 4.99 Å². The number of likely N-dealkylation sites (N-methyl/N-ethyl adjacent to an activating group) is 1. The van der Waals surface area contributed by atoms with Gasteiger partial charge in [0, 0.05) is 33.8 Å². The van der Waals surface area contributed by atoms with Crippen molar-refractivity contribution in [2.45, 2.75) is 18.9 Å². The third-order valence-electron chi connectivity index (χ3n) is 3.02. The number of hydrogen-bond acceptors (Lipinski definition) is 4. The second-order valence-corrected chi connectivity index (χ2v) is 4.05. The van der Waals surface area contributed by atoms with E-state index in [1.165, 1.54) is 12.8 Å². The Labute approximate surface area is 85.5 Å². The zero-order chi connectivity index (χ0) is 9.97. The second kappa shape index (κ2) is 4.17. The van der Waals surface area contributed by atoms with E-state index in [2.05, 4.69) is 21.8 Å². The van der Waals surface area contributed by atoms with Crippen LogP contribution in [0.2, 0.25) is 0 Å². The average Bonchev–Trinajstić information content (AvgIpc) is 2.65. The molecule has 0 aromatic carbocycles. The van der Waals surface area contributed by atoms with Crippen molar-refractivity contribution in [2.24, 2.45) is 4.99 Å². The first kappa shape index (κ1) is 9.77.